The number of imide groups is 1. The van der Waals surface area contributed by atoms with Gasteiger partial charge in [0.2, 0.25) is 5.91 Å². The van der Waals surface area contributed by atoms with Gasteiger partial charge in [-0.05, 0) is 36.2 Å². The van der Waals surface area contributed by atoms with E-state index in [1.807, 2.05) is 0 Å². The van der Waals surface area contributed by atoms with Crippen LogP contribution in [-0.2, 0) is 4.79 Å². The third kappa shape index (κ3) is 3.40. The molecule has 6 nitrogen and oxygen atoms in total. The number of nitrogens with one attached hydrogen (secondary N) is 1. The van der Waals surface area contributed by atoms with E-state index in [9.17, 15) is 14.4 Å². The predicted molar refractivity (Wildman–Crippen MR) is 102 cm³/mol. The largest absolute Gasteiger partial charge is 0.495 e. The smallest absolute Gasteiger partial charge is 0.262 e. The maximum absolute atomic E-state index is 13.0. The van der Waals surface area contributed by atoms with Crippen LogP contribution in [0.5, 0.6) is 5.75 Å². The van der Waals surface area contributed by atoms with Gasteiger partial charge >= 0.3 is 0 Å². The second kappa shape index (κ2) is 7.40. The maximum Gasteiger partial charge on any atom is 0.262 e. The van der Waals surface area contributed by atoms with E-state index < -0.39 is 23.8 Å². The summed E-state index contributed by atoms with van der Waals surface area (Å²) in [5.74, 6) is -1.29. The van der Waals surface area contributed by atoms with E-state index in [-0.39, 0.29) is 5.92 Å². The van der Waals surface area contributed by atoms with Gasteiger partial charge in [0.15, 0.2) is 0 Å². The molecule has 2 aromatic rings. The first-order valence-electron chi connectivity index (χ1n) is 8.46. The van der Waals surface area contributed by atoms with Crippen molar-refractivity contribution in [3.05, 3.63) is 58.6 Å². The Balaban J connectivity index is 1.93. The molecular weight excluding hydrogens is 368 g/mol. The molecule has 0 saturated heterocycles. The average Bonchev–Trinajstić information content (AvgIpc) is 2.87. The van der Waals surface area contributed by atoms with Crippen molar-refractivity contribution in [3.63, 3.8) is 0 Å². The van der Waals surface area contributed by atoms with E-state index in [4.69, 9.17) is 16.3 Å². The minimum absolute atomic E-state index is 0.294. The number of anilines is 1. The van der Waals surface area contributed by atoms with E-state index in [1.165, 1.54) is 7.11 Å². The molecule has 1 N–H and O–H groups in total. The lowest BCUT2D eigenvalue weighted by molar-refractivity contribution is -0.121. The summed E-state index contributed by atoms with van der Waals surface area (Å²) in [5.41, 5.74) is 0.986. The second-order valence-corrected chi connectivity index (χ2v) is 6.99. The molecule has 0 fully saturated rings. The van der Waals surface area contributed by atoms with Gasteiger partial charge in [-0.3, -0.25) is 19.3 Å². The Kier molecular flexibility index (Phi) is 5.19. The van der Waals surface area contributed by atoms with Crippen molar-refractivity contribution in [1.29, 1.82) is 0 Å². The summed E-state index contributed by atoms with van der Waals surface area (Å²) in [6.45, 7) is 3.56. The summed E-state index contributed by atoms with van der Waals surface area (Å²) in [6.07, 6.45) is 0. The monoisotopic (exact) mass is 386 g/mol. The Bertz CT molecular complexity index is 891. The highest BCUT2D eigenvalue weighted by atomic mass is 35.5. The molecule has 0 saturated carbocycles. The van der Waals surface area contributed by atoms with Crippen LogP contribution in [0.1, 0.15) is 34.6 Å². The first-order chi connectivity index (χ1) is 12.8. The Hall–Kier alpha value is -2.86. The molecule has 0 spiro atoms. The minimum atomic E-state index is -0.971. The summed E-state index contributed by atoms with van der Waals surface area (Å²) in [6, 6.07) is 10.4. The van der Waals surface area contributed by atoms with Crippen LogP contribution >= 0.6 is 11.6 Å². The first-order valence-corrected chi connectivity index (χ1v) is 8.84. The molecule has 0 aromatic heterocycles. The van der Waals surface area contributed by atoms with Gasteiger partial charge in [-0.2, -0.15) is 0 Å². The highest BCUT2D eigenvalue weighted by Gasteiger charge is 2.44. The molecule has 1 aliphatic heterocycles. The molecule has 0 radical (unpaired) electrons. The number of hydrogen-bond donors (Lipinski definition) is 1. The zero-order valence-electron chi connectivity index (χ0n) is 15.2. The van der Waals surface area contributed by atoms with Crippen LogP contribution in [0.15, 0.2) is 42.5 Å². The third-order valence-corrected chi connectivity index (χ3v) is 4.66. The molecule has 1 atom stereocenters. The summed E-state index contributed by atoms with van der Waals surface area (Å²) in [7, 11) is 1.48. The topological polar surface area (TPSA) is 75.7 Å². The molecule has 2 aromatic carbocycles. The SMILES string of the molecule is COc1ccc(Cl)cc1NC(=O)[C@H](C(C)C)N1C(=O)c2ccccc2C1=O. The number of halogens is 1. The zero-order valence-corrected chi connectivity index (χ0v) is 15.9. The zero-order chi connectivity index (χ0) is 19.7. The summed E-state index contributed by atoms with van der Waals surface area (Å²) >= 11 is 6.01. The summed E-state index contributed by atoms with van der Waals surface area (Å²) < 4.78 is 5.24. The fourth-order valence-electron chi connectivity index (χ4n) is 3.16. The highest BCUT2D eigenvalue weighted by Crippen LogP contribution is 2.31. The molecule has 3 rings (SSSR count). The molecule has 0 aliphatic carbocycles. The normalized spacial score (nSPS) is 14.3. The molecule has 0 unspecified atom stereocenters. The Morgan fingerprint density at radius 2 is 1.67 bits per heavy atom. The fraction of sp³-hybridized carbons (Fsp3) is 0.250. The van der Waals surface area contributed by atoms with Gasteiger partial charge in [0.1, 0.15) is 11.8 Å². The number of amides is 3. The van der Waals surface area contributed by atoms with Crippen molar-refractivity contribution < 1.29 is 19.1 Å². The summed E-state index contributed by atoms with van der Waals surface area (Å²) in [5, 5.41) is 3.16. The first kappa shape index (κ1) is 18.9. The number of benzene rings is 2. The fourth-order valence-corrected chi connectivity index (χ4v) is 3.34. The Morgan fingerprint density at radius 1 is 1.07 bits per heavy atom. The highest BCUT2D eigenvalue weighted by molar-refractivity contribution is 6.31. The summed E-state index contributed by atoms with van der Waals surface area (Å²) in [4.78, 5) is 39.6. The van der Waals surface area contributed by atoms with Crippen molar-refractivity contribution >= 4 is 35.0 Å². The van der Waals surface area contributed by atoms with Crippen LogP contribution in [-0.4, -0.2) is 35.8 Å². The number of nitrogens with zero attached hydrogens (tertiary/aromatic N) is 1. The number of hydrogen-bond acceptors (Lipinski definition) is 4. The molecule has 7 heteroatoms. The van der Waals surface area contributed by atoms with E-state index >= 15 is 0 Å². The lowest BCUT2D eigenvalue weighted by Gasteiger charge is -2.28. The van der Waals surface area contributed by atoms with Crippen LogP contribution < -0.4 is 10.1 Å². The molecule has 0 bridgehead atoms. The number of fused-ring (bicyclic) bond motifs is 1. The quantitative estimate of drug-likeness (QED) is 0.796. The number of carbonyl (C=O) groups excluding carboxylic acids is 3. The predicted octanol–water partition coefficient (Wildman–Crippen LogP) is 3.61. The molecule has 3 amide bonds. The van der Waals surface area contributed by atoms with Crippen molar-refractivity contribution in [3.8, 4) is 5.75 Å². The standard InChI is InChI=1S/C20H19ClN2O4/c1-11(2)17(18(24)22-15-10-12(21)8-9-16(15)27-3)23-19(25)13-6-4-5-7-14(13)20(23)26/h4-11,17H,1-3H3,(H,22,24)/t17-/m0/s1. The van der Waals surface area contributed by atoms with Gasteiger partial charge in [0, 0.05) is 5.02 Å². The van der Waals surface area contributed by atoms with Gasteiger partial charge in [-0.1, -0.05) is 37.6 Å². The number of methoxy groups -OCH3 is 1. The van der Waals surface area contributed by atoms with Gasteiger partial charge < -0.3 is 10.1 Å². The van der Waals surface area contributed by atoms with Gasteiger partial charge in [0.05, 0.1) is 23.9 Å². The molecule has 1 heterocycles. The van der Waals surface area contributed by atoms with Crippen LogP contribution in [0.25, 0.3) is 0 Å². The average molecular weight is 387 g/mol. The molecule has 1 aliphatic rings. The third-order valence-electron chi connectivity index (χ3n) is 4.42. The van der Waals surface area contributed by atoms with E-state index in [2.05, 4.69) is 5.32 Å². The molecular formula is C20H19ClN2O4. The lowest BCUT2D eigenvalue weighted by Crippen LogP contribution is -2.50. The number of carbonyl (C=O) groups is 3. The van der Waals surface area contributed by atoms with Crippen molar-refractivity contribution in [2.24, 2.45) is 5.92 Å². The van der Waals surface area contributed by atoms with Gasteiger partial charge in [-0.15, -0.1) is 0 Å². The van der Waals surface area contributed by atoms with Crippen molar-refractivity contribution in [2.45, 2.75) is 19.9 Å². The molecule has 27 heavy (non-hydrogen) atoms. The molecule has 140 valence electrons. The van der Waals surface area contributed by atoms with Crippen LogP contribution in [0, 0.1) is 5.92 Å². The number of ether oxygens (including phenoxy) is 1. The van der Waals surface area contributed by atoms with Crippen LogP contribution in [0.4, 0.5) is 5.69 Å². The van der Waals surface area contributed by atoms with E-state index in [0.29, 0.717) is 27.6 Å². The van der Waals surface area contributed by atoms with Gasteiger partial charge in [0.25, 0.3) is 11.8 Å². The van der Waals surface area contributed by atoms with Crippen LogP contribution in [0.3, 0.4) is 0 Å². The minimum Gasteiger partial charge on any atom is -0.495 e. The maximum atomic E-state index is 13.0. The van der Waals surface area contributed by atoms with E-state index in [0.717, 1.165) is 4.90 Å². The lowest BCUT2D eigenvalue weighted by atomic mass is 10.0. The van der Waals surface area contributed by atoms with Gasteiger partial charge in [-0.25, -0.2) is 0 Å². The van der Waals surface area contributed by atoms with Crippen LogP contribution in [0.2, 0.25) is 5.02 Å². The number of rotatable bonds is 5. The second-order valence-electron chi connectivity index (χ2n) is 6.55. The Labute approximate surface area is 162 Å². The Morgan fingerprint density at radius 3 is 2.19 bits per heavy atom. The van der Waals surface area contributed by atoms with Crippen molar-refractivity contribution in [2.75, 3.05) is 12.4 Å². The van der Waals surface area contributed by atoms with Crippen molar-refractivity contribution in [1.82, 2.24) is 4.90 Å². The van der Waals surface area contributed by atoms with E-state index in [1.54, 1.807) is 56.3 Å².